The number of likely N-dealkylation sites (tertiary alicyclic amines) is 1. The molecule has 1 aliphatic heterocycles. The Morgan fingerprint density at radius 3 is 2.71 bits per heavy atom. The minimum Gasteiger partial charge on any atom is -0.368 e. The van der Waals surface area contributed by atoms with Gasteiger partial charge in [-0.3, -0.25) is 9.59 Å². The van der Waals surface area contributed by atoms with Crippen LogP contribution in [0.1, 0.15) is 39.5 Å². The Morgan fingerprint density at radius 1 is 1.41 bits per heavy atom. The number of amides is 2. The lowest BCUT2D eigenvalue weighted by Gasteiger charge is -2.33. The number of hydrogen-bond donors (Lipinski definition) is 2. The van der Waals surface area contributed by atoms with E-state index in [4.69, 9.17) is 5.73 Å². The molecule has 0 aromatic carbocycles. The normalized spacial score (nSPS) is 20.6. The van der Waals surface area contributed by atoms with Crippen LogP contribution in [0.15, 0.2) is 0 Å². The summed E-state index contributed by atoms with van der Waals surface area (Å²) in [4.78, 5) is 24.9. The van der Waals surface area contributed by atoms with Crippen molar-refractivity contribution in [1.82, 2.24) is 10.2 Å². The third kappa shape index (κ3) is 4.34. The summed E-state index contributed by atoms with van der Waals surface area (Å²) < 4.78 is 0. The summed E-state index contributed by atoms with van der Waals surface area (Å²) in [6, 6.07) is -0.0219. The molecule has 1 saturated heterocycles. The van der Waals surface area contributed by atoms with E-state index in [0.29, 0.717) is 32.0 Å². The van der Waals surface area contributed by atoms with Gasteiger partial charge in [0.2, 0.25) is 11.8 Å². The maximum atomic E-state index is 12.0. The van der Waals surface area contributed by atoms with Crippen LogP contribution >= 0.6 is 0 Å². The fourth-order valence-electron chi connectivity index (χ4n) is 2.14. The number of nitrogens with zero attached hydrogens (tertiary/aromatic N) is 1. The molecule has 2 amide bonds. The van der Waals surface area contributed by atoms with Crippen LogP contribution in [0, 0.1) is 0 Å². The molecule has 1 rings (SSSR count). The highest BCUT2D eigenvalue weighted by Crippen LogP contribution is 2.17. The van der Waals surface area contributed by atoms with Crippen LogP contribution in [0.2, 0.25) is 0 Å². The number of primary amides is 1. The van der Waals surface area contributed by atoms with Crippen LogP contribution in [0.4, 0.5) is 0 Å². The first kappa shape index (κ1) is 14.0. The smallest absolute Gasteiger partial charge is 0.240 e. The number of hydrogen-bond acceptors (Lipinski definition) is 3. The van der Waals surface area contributed by atoms with Gasteiger partial charge in [0.1, 0.15) is 6.04 Å². The Balaban J connectivity index is 2.45. The molecule has 0 radical (unpaired) electrons. The zero-order chi connectivity index (χ0) is 12.8. The summed E-state index contributed by atoms with van der Waals surface area (Å²) in [5.74, 6) is -0.350. The van der Waals surface area contributed by atoms with Crippen molar-refractivity contribution in [1.29, 1.82) is 0 Å². The molecular weight excluding hydrogens is 218 g/mol. The molecule has 5 heteroatoms. The van der Waals surface area contributed by atoms with Gasteiger partial charge in [-0.25, -0.2) is 0 Å². The molecule has 0 aromatic rings. The van der Waals surface area contributed by atoms with Gasteiger partial charge < -0.3 is 16.0 Å². The predicted octanol–water partition coefficient (Wildman–Crippen LogP) is 0.241. The zero-order valence-electron chi connectivity index (χ0n) is 10.7. The monoisotopic (exact) mass is 241 g/mol. The molecule has 1 fully saturated rings. The molecule has 1 aliphatic rings. The molecule has 0 spiro atoms. The van der Waals surface area contributed by atoms with Gasteiger partial charge in [0.25, 0.3) is 0 Å². The number of rotatable bonds is 5. The first-order valence-corrected chi connectivity index (χ1v) is 6.34. The van der Waals surface area contributed by atoms with Crippen molar-refractivity contribution >= 4 is 11.8 Å². The van der Waals surface area contributed by atoms with Crippen LogP contribution in [0.25, 0.3) is 0 Å². The van der Waals surface area contributed by atoms with Crippen LogP contribution in [0.5, 0.6) is 0 Å². The van der Waals surface area contributed by atoms with Gasteiger partial charge in [0, 0.05) is 25.6 Å². The maximum Gasteiger partial charge on any atom is 0.240 e. The molecule has 5 nitrogen and oxygen atoms in total. The van der Waals surface area contributed by atoms with Crippen molar-refractivity contribution in [2.75, 3.05) is 13.1 Å². The van der Waals surface area contributed by atoms with Crippen LogP contribution in [-0.2, 0) is 9.59 Å². The van der Waals surface area contributed by atoms with Crippen molar-refractivity contribution in [3.05, 3.63) is 0 Å². The number of carbonyl (C=O) groups excluding carboxylic acids is 2. The number of piperidine rings is 1. The van der Waals surface area contributed by atoms with E-state index in [2.05, 4.69) is 5.32 Å². The Kier molecular flexibility index (Phi) is 5.41. The molecule has 98 valence electrons. The number of nitrogens with one attached hydrogen (secondary N) is 1. The highest BCUT2D eigenvalue weighted by molar-refractivity contribution is 5.86. The van der Waals surface area contributed by atoms with Crippen molar-refractivity contribution in [3.63, 3.8) is 0 Å². The van der Waals surface area contributed by atoms with Gasteiger partial charge in [0.05, 0.1) is 0 Å². The van der Waals surface area contributed by atoms with Crippen molar-refractivity contribution in [2.45, 2.75) is 51.6 Å². The van der Waals surface area contributed by atoms with Gasteiger partial charge in [0.15, 0.2) is 0 Å². The summed E-state index contributed by atoms with van der Waals surface area (Å²) in [5.41, 5.74) is 5.32. The molecule has 1 heterocycles. The van der Waals surface area contributed by atoms with Gasteiger partial charge in [-0.1, -0.05) is 13.8 Å². The van der Waals surface area contributed by atoms with Gasteiger partial charge >= 0.3 is 0 Å². The zero-order valence-corrected chi connectivity index (χ0v) is 10.7. The summed E-state index contributed by atoms with van der Waals surface area (Å²) >= 11 is 0. The summed E-state index contributed by atoms with van der Waals surface area (Å²) in [5, 5.41) is 3.20. The molecule has 1 atom stereocenters. The van der Waals surface area contributed by atoms with E-state index >= 15 is 0 Å². The third-order valence-corrected chi connectivity index (χ3v) is 3.04. The lowest BCUT2D eigenvalue weighted by molar-refractivity contribution is -0.141. The average Bonchev–Trinajstić information content (AvgIpc) is 2.28. The average molecular weight is 241 g/mol. The second-order valence-electron chi connectivity index (χ2n) is 4.86. The molecule has 0 aliphatic carbocycles. The molecule has 0 saturated carbocycles. The number of carbonyl (C=O) groups is 2. The van der Waals surface area contributed by atoms with E-state index in [1.165, 1.54) is 0 Å². The van der Waals surface area contributed by atoms with Crippen molar-refractivity contribution < 1.29 is 9.59 Å². The van der Waals surface area contributed by atoms with Crippen molar-refractivity contribution in [3.8, 4) is 0 Å². The highest BCUT2D eigenvalue weighted by atomic mass is 16.2. The fourth-order valence-corrected chi connectivity index (χ4v) is 2.14. The van der Waals surface area contributed by atoms with Crippen LogP contribution in [-0.4, -0.2) is 41.9 Å². The minimum absolute atomic E-state index is 0.0293. The van der Waals surface area contributed by atoms with E-state index < -0.39 is 6.04 Å². The molecule has 0 aromatic heterocycles. The summed E-state index contributed by atoms with van der Waals surface area (Å²) in [6.45, 7) is 5.39. The minimum atomic E-state index is -0.393. The molecule has 1 unspecified atom stereocenters. The Bertz CT molecular complexity index is 279. The molecule has 3 N–H and O–H groups in total. The Labute approximate surface area is 103 Å². The van der Waals surface area contributed by atoms with E-state index in [-0.39, 0.29) is 11.8 Å². The maximum absolute atomic E-state index is 12.0. The number of nitrogens with two attached hydrogens (primary N) is 1. The lowest BCUT2D eigenvalue weighted by atomic mass is 10.0. The summed E-state index contributed by atoms with van der Waals surface area (Å²) in [7, 11) is 0. The Morgan fingerprint density at radius 2 is 2.12 bits per heavy atom. The largest absolute Gasteiger partial charge is 0.368 e. The highest BCUT2D eigenvalue weighted by Gasteiger charge is 2.29. The fraction of sp³-hybridized carbons (Fsp3) is 0.833. The standard InChI is InChI=1S/C12H23N3O2/c1-9(2)14-7-6-11(16)15-8-4-3-5-10(15)12(13)17/h9-10,14H,3-8H2,1-2H3,(H2,13,17). The van der Waals surface area contributed by atoms with Crippen LogP contribution in [0.3, 0.4) is 0 Å². The van der Waals surface area contributed by atoms with Crippen LogP contribution < -0.4 is 11.1 Å². The van der Waals surface area contributed by atoms with Crippen molar-refractivity contribution in [2.24, 2.45) is 5.73 Å². The second-order valence-corrected chi connectivity index (χ2v) is 4.86. The van der Waals surface area contributed by atoms with E-state index in [0.717, 1.165) is 12.8 Å². The van der Waals surface area contributed by atoms with E-state index in [1.807, 2.05) is 13.8 Å². The second kappa shape index (κ2) is 6.59. The van der Waals surface area contributed by atoms with Gasteiger partial charge in [-0.15, -0.1) is 0 Å². The Hall–Kier alpha value is -1.10. The van der Waals surface area contributed by atoms with Gasteiger partial charge in [-0.05, 0) is 19.3 Å². The van der Waals surface area contributed by atoms with Gasteiger partial charge in [-0.2, -0.15) is 0 Å². The SMILES string of the molecule is CC(C)NCCC(=O)N1CCCCC1C(N)=O. The quantitative estimate of drug-likeness (QED) is 0.724. The van der Waals surface area contributed by atoms with E-state index in [1.54, 1.807) is 4.90 Å². The van der Waals surface area contributed by atoms with E-state index in [9.17, 15) is 9.59 Å². The molecular formula is C12H23N3O2. The third-order valence-electron chi connectivity index (χ3n) is 3.04. The topological polar surface area (TPSA) is 75.4 Å². The molecule has 17 heavy (non-hydrogen) atoms. The summed E-state index contributed by atoms with van der Waals surface area (Å²) in [6.07, 6.45) is 3.08. The predicted molar refractivity (Wildman–Crippen MR) is 66.3 cm³/mol. The molecule has 0 bridgehead atoms. The lowest BCUT2D eigenvalue weighted by Crippen LogP contribution is -2.51. The first-order valence-electron chi connectivity index (χ1n) is 6.34. The first-order chi connectivity index (χ1) is 8.02.